The van der Waals surface area contributed by atoms with E-state index in [0.29, 0.717) is 23.3 Å². The third-order valence-electron chi connectivity index (χ3n) is 7.40. The number of aromatic nitrogens is 1. The van der Waals surface area contributed by atoms with Crippen LogP contribution in [0.15, 0.2) is 78.9 Å². The Bertz CT molecular complexity index is 1540. The normalized spacial score (nSPS) is 14.4. The number of carbonyl (C=O) groups is 1. The summed E-state index contributed by atoms with van der Waals surface area (Å²) in [6.07, 6.45) is 8.53. The molecule has 0 aliphatic heterocycles. The molecule has 1 atom stereocenters. The molecular weight excluding hydrogens is 550 g/mol. The number of ether oxygens (including phenoxy) is 1. The predicted octanol–water partition coefficient (Wildman–Crippen LogP) is 8.99. The average Bonchev–Trinajstić information content (AvgIpc) is 3.77. The van der Waals surface area contributed by atoms with Gasteiger partial charge in [0.15, 0.2) is 0 Å². The molecule has 1 fully saturated rings. The first-order chi connectivity index (χ1) is 19.7. The van der Waals surface area contributed by atoms with Crippen LogP contribution in [0.3, 0.4) is 0 Å². The van der Waals surface area contributed by atoms with Gasteiger partial charge in [0.05, 0.1) is 16.8 Å². The van der Waals surface area contributed by atoms with Crippen LogP contribution in [0.4, 0.5) is 0 Å². The van der Waals surface area contributed by atoms with Crippen molar-refractivity contribution in [2.24, 2.45) is 5.92 Å². The average molecular weight is 586 g/mol. The number of aliphatic hydroxyl groups is 1. The van der Waals surface area contributed by atoms with Crippen LogP contribution in [-0.4, -0.2) is 22.0 Å². The topological polar surface area (TPSA) is 59.4 Å². The van der Waals surface area contributed by atoms with Crippen LogP contribution in [0.5, 0.6) is 0 Å². The molecular formula is C35H36ClNO3S. The molecule has 1 aliphatic carbocycles. The van der Waals surface area contributed by atoms with E-state index in [2.05, 4.69) is 42.5 Å². The third kappa shape index (κ3) is 8.45. The number of benzene rings is 3. The number of nitrogens with zero attached hydrogens (tertiary/aromatic N) is 1. The minimum Gasteiger partial charge on any atom is -0.455 e. The van der Waals surface area contributed by atoms with Gasteiger partial charge in [0.1, 0.15) is 5.94 Å². The molecule has 5 rings (SSSR count). The molecule has 4 aromatic rings. The van der Waals surface area contributed by atoms with Gasteiger partial charge in [-0.25, -0.2) is 4.98 Å². The molecule has 212 valence electrons. The molecule has 0 bridgehead atoms. The van der Waals surface area contributed by atoms with E-state index < -0.39 is 5.60 Å². The maximum atomic E-state index is 12.2. The Kier molecular flexibility index (Phi) is 9.49. The standard InChI is InChI=1S/C35H36ClNO3S/c1-35(2,39)31-9-4-3-7-26(31)15-19-33(41-23-40-34(38)21-25-10-11-25)28-8-5-6-24(20-28)12-17-30-18-14-27-13-16-29(36)22-32(27)37-30/h3-9,12-14,16-18,20,22,25,33,39H,10-11,15,19,21,23H2,1-2H3/b17-12+/t33-/m1/s1. The molecule has 0 saturated heterocycles. The van der Waals surface area contributed by atoms with E-state index in [1.807, 2.05) is 62.4 Å². The van der Waals surface area contributed by atoms with Crippen molar-refractivity contribution < 1.29 is 14.6 Å². The summed E-state index contributed by atoms with van der Waals surface area (Å²) in [5.74, 6) is 0.735. The fourth-order valence-corrected chi connectivity index (χ4v) is 6.16. The van der Waals surface area contributed by atoms with Crippen molar-refractivity contribution >= 4 is 52.4 Å². The second-order valence-electron chi connectivity index (χ2n) is 11.3. The van der Waals surface area contributed by atoms with Crippen molar-refractivity contribution in [1.29, 1.82) is 0 Å². The Morgan fingerprint density at radius 1 is 1.07 bits per heavy atom. The summed E-state index contributed by atoms with van der Waals surface area (Å²) in [5, 5.41) is 12.6. The molecule has 41 heavy (non-hydrogen) atoms. The Morgan fingerprint density at radius 2 is 1.88 bits per heavy atom. The Morgan fingerprint density at radius 3 is 2.68 bits per heavy atom. The fourth-order valence-electron chi connectivity index (χ4n) is 5.01. The van der Waals surface area contributed by atoms with Gasteiger partial charge >= 0.3 is 5.97 Å². The lowest BCUT2D eigenvalue weighted by molar-refractivity contribution is -0.141. The molecule has 0 radical (unpaired) electrons. The summed E-state index contributed by atoms with van der Waals surface area (Å²) >= 11 is 7.82. The third-order valence-corrected chi connectivity index (χ3v) is 8.80. The minimum atomic E-state index is -0.912. The first-order valence-electron chi connectivity index (χ1n) is 14.2. The molecule has 1 aliphatic rings. The monoisotopic (exact) mass is 585 g/mol. The number of hydrogen-bond acceptors (Lipinski definition) is 5. The smallest absolute Gasteiger partial charge is 0.306 e. The van der Waals surface area contributed by atoms with Crippen LogP contribution < -0.4 is 0 Å². The number of rotatable bonds is 12. The highest BCUT2D eigenvalue weighted by Crippen LogP contribution is 2.37. The molecule has 1 heterocycles. The van der Waals surface area contributed by atoms with E-state index in [0.717, 1.165) is 59.0 Å². The fraction of sp³-hybridized carbons (Fsp3) is 0.314. The van der Waals surface area contributed by atoms with Gasteiger partial charge in [0.25, 0.3) is 0 Å². The lowest BCUT2D eigenvalue weighted by Gasteiger charge is -2.23. The van der Waals surface area contributed by atoms with Gasteiger partial charge in [-0.15, -0.1) is 11.8 Å². The van der Waals surface area contributed by atoms with E-state index in [1.165, 1.54) is 5.56 Å². The number of esters is 1. The van der Waals surface area contributed by atoms with Crippen LogP contribution in [-0.2, 0) is 21.6 Å². The van der Waals surface area contributed by atoms with Gasteiger partial charge in [-0.2, -0.15) is 0 Å². The van der Waals surface area contributed by atoms with Gasteiger partial charge in [-0.3, -0.25) is 4.79 Å². The summed E-state index contributed by atoms with van der Waals surface area (Å²) < 4.78 is 5.61. The number of aryl methyl sites for hydroxylation is 1. The minimum absolute atomic E-state index is 0.105. The number of pyridine rings is 1. The van der Waals surface area contributed by atoms with Crippen molar-refractivity contribution in [3.63, 3.8) is 0 Å². The van der Waals surface area contributed by atoms with E-state index in [4.69, 9.17) is 21.3 Å². The molecule has 0 unspecified atom stereocenters. The summed E-state index contributed by atoms with van der Waals surface area (Å²) in [6, 6.07) is 26.3. The number of halogens is 1. The second-order valence-corrected chi connectivity index (χ2v) is 12.8. The maximum Gasteiger partial charge on any atom is 0.306 e. The number of thioether (sulfide) groups is 1. The molecule has 0 spiro atoms. The van der Waals surface area contributed by atoms with Gasteiger partial charge in [-0.05, 0) is 92.0 Å². The summed E-state index contributed by atoms with van der Waals surface area (Å²) in [6.45, 7) is 3.65. The van der Waals surface area contributed by atoms with E-state index >= 15 is 0 Å². The highest BCUT2D eigenvalue weighted by Gasteiger charge is 2.25. The Labute approximate surface area is 251 Å². The zero-order valence-electron chi connectivity index (χ0n) is 23.6. The number of hydrogen-bond donors (Lipinski definition) is 1. The molecule has 1 N–H and O–H groups in total. The van der Waals surface area contributed by atoms with Crippen LogP contribution in [0, 0.1) is 5.92 Å². The second kappa shape index (κ2) is 13.2. The van der Waals surface area contributed by atoms with Crippen LogP contribution in [0.25, 0.3) is 23.1 Å². The van der Waals surface area contributed by atoms with E-state index in [9.17, 15) is 9.90 Å². The van der Waals surface area contributed by atoms with Crippen LogP contribution >= 0.6 is 23.4 Å². The maximum absolute atomic E-state index is 12.2. The lowest BCUT2D eigenvalue weighted by Crippen LogP contribution is -2.18. The lowest BCUT2D eigenvalue weighted by atomic mass is 9.90. The zero-order chi connectivity index (χ0) is 28.8. The molecule has 6 heteroatoms. The summed E-state index contributed by atoms with van der Waals surface area (Å²) in [7, 11) is 0. The van der Waals surface area contributed by atoms with Crippen molar-refractivity contribution in [3.05, 3.63) is 112 Å². The molecule has 1 saturated carbocycles. The molecule has 1 aromatic heterocycles. The van der Waals surface area contributed by atoms with E-state index in [1.54, 1.807) is 11.8 Å². The Hall–Kier alpha value is -3.12. The van der Waals surface area contributed by atoms with Crippen LogP contribution in [0.1, 0.15) is 72.7 Å². The van der Waals surface area contributed by atoms with Crippen molar-refractivity contribution in [1.82, 2.24) is 4.98 Å². The molecule has 3 aromatic carbocycles. The van der Waals surface area contributed by atoms with Crippen molar-refractivity contribution in [3.8, 4) is 0 Å². The molecule has 0 amide bonds. The first kappa shape index (κ1) is 29.4. The van der Waals surface area contributed by atoms with Gasteiger partial charge in [0, 0.05) is 22.1 Å². The number of fused-ring (bicyclic) bond motifs is 1. The Balaban J connectivity index is 1.33. The zero-order valence-corrected chi connectivity index (χ0v) is 25.1. The first-order valence-corrected chi connectivity index (χ1v) is 15.6. The van der Waals surface area contributed by atoms with Crippen LogP contribution in [0.2, 0.25) is 5.02 Å². The molecule has 4 nitrogen and oxygen atoms in total. The largest absolute Gasteiger partial charge is 0.455 e. The SMILES string of the molecule is CC(C)(O)c1ccccc1CC[C@@H](SCOC(=O)CC1CC1)c1cccc(/C=C/c2ccc3ccc(Cl)cc3n2)c1. The highest BCUT2D eigenvalue weighted by molar-refractivity contribution is 7.99. The van der Waals surface area contributed by atoms with E-state index in [-0.39, 0.29) is 11.2 Å². The van der Waals surface area contributed by atoms with Crippen molar-refractivity contribution in [2.45, 2.75) is 56.8 Å². The van der Waals surface area contributed by atoms with Gasteiger partial charge < -0.3 is 9.84 Å². The summed E-state index contributed by atoms with van der Waals surface area (Å²) in [5.41, 5.74) is 5.15. The summed E-state index contributed by atoms with van der Waals surface area (Å²) in [4.78, 5) is 17.0. The highest BCUT2D eigenvalue weighted by atomic mass is 35.5. The van der Waals surface area contributed by atoms with Gasteiger partial charge in [0.2, 0.25) is 0 Å². The quantitative estimate of drug-likeness (QED) is 0.133. The predicted molar refractivity (Wildman–Crippen MR) is 171 cm³/mol. The van der Waals surface area contributed by atoms with Crippen molar-refractivity contribution in [2.75, 3.05) is 5.94 Å². The number of carbonyl (C=O) groups excluding carboxylic acids is 1. The van der Waals surface area contributed by atoms with Gasteiger partial charge in [-0.1, -0.05) is 78.3 Å².